The van der Waals surface area contributed by atoms with Crippen LogP contribution in [0.5, 0.6) is 0 Å². The maximum Gasteiger partial charge on any atom is -0.00235 e. The van der Waals surface area contributed by atoms with E-state index >= 15 is 0 Å². The molecule has 0 aromatic rings. The van der Waals surface area contributed by atoms with Crippen LogP contribution in [-0.4, -0.2) is 13.6 Å². The zero-order valence-corrected chi connectivity index (χ0v) is 7.94. The Hall–Kier alpha value is -0.0400. The summed E-state index contributed by atoms with van der Waals surface area (Å²) in [4.78, 5) is 0. The summed E-state index contributed by atoms with van der Waals surface area (Å²) in [7, 11) is 2.02. The number of hydrogen-bond acceptors (Lipinski definition) is 1. The van der Waals surface area contributed by atoms with E-state index in [4.69, 9.17) is 0 Å². The van der Waals surface area contributed by atoms with Crippen LogP contribution in [0.25, 0.3) is 0 Å². The van der Waals surface area contributed by atoms with Crippen molar-refractivity contribution in [3.63, 3.8) is 0 Å². The van der Waals surface area contributed by atoms with Crippen LogP contribution in [0.15, 0.2) is 0 Å². The van der Waals surface area contributed by atoms with Gasteiger partial charge in [-0.2, -0.15) is 0 Å². The minimum absolute atomic E-state index is 0.796. The van der Waals surface area contributed by atoms with E-state index in [1.165, 1.54) is 0 Å². The molecule has 0 aliphatic heterocycles. The van der Waals surface area contributed by atoms with Crippen LogP contribution in [0.2, 0.25) is 0 Å². The Morgan fingerprint density at radius 3 is 1.90 bits per heavy atom. The second-order valence-corrected chi connectivity index (χ2v) is 3.64. The van der Waals surface area contributed by atoms with Crippen LogP contribution in [-0.2, 0) is 0 Å². The van der Waals surface area contributed by atoms with Gasteiger partial charge in [0.05, 0.1) is 0 Å². The standard InChI is InChI=1S/C9H21N/c1-7(2)9(4)8(3)6-10-5/h7-10H,6H2,1-5H3. The van der Waals surface area contributed by atoms with Crippen LogP contribution in [0.1, 0.15) is 27.7 Å². The second kappa shape index (κ2) is 4.73. The van der Waals surface area contributed by atoms with Crippen molar-refractivity contribution in [3.05, 3.63) is 0 Å². The van der Waals surface area contributed by atoms with Crippen LogP contribution >= 0.6 is 0 Å². The molecule has 0 fully saturated rings. The third kappa shape index (κ3) is 3.21. The highest BCUT2D eigenvalue weighted by atomic mass is 14.8. The van der Waals surface area contributed by atoms with Gasteiger partial charge in [0.25, 0.3) is 0 Å². The fourth-order valence-electron chi connectivity index (χ4n) is 1.16. The third-order valence-electron chi connectivity index (χ3n) is 2.48. The monoisotopic (exact) mass is 143 g/mol. The molecule has 0 spiro atoms. The highest BCUT2D eigenvalue weighted by Gasteiger charge is 2.13. The van der Waals surface area contributed by atoms with Gasteiger partial charge in [-0.15, -0.1) is 0 Å². The Balaban J connectivity index is 3.58. The molecule has 0 aliphatic rings. The number of hydrogen-bond donors (Lipinski definition) is 1. The molecule has 62 valence electrons. The lowest BCUT2D eigenvalue weighted by molar-refractivity contribution is 0.291. The highest BCUT2D eigenvalue weighted by molar-refractivity contribution is 4.65. The molecule has 0 saturated carbocycles. The van der Waals surface area contributed by atoms with Crippen molar-refractivity contribution in [1.82, 2.24) is 5.32 Å². The minimum atomic E-state index is 0.796. The molecule has 0 heterocycles. The fourth-order valence-corrected chi connectivity index (χ4v) is 1.16. The molecule has 10 heavy (non-hydrogen) atoms. The van der Waals surface area contributed by atoms with Crippen molar-refractivity contribution < 1.29 is 0 Å². The summed E-state index contributed by atoms with van der Waals surface area (Å²) in [5.74, 6) is 2.43. The average Bonchev–Trinajstić information content (AvgIpc) is 1.87. The predicted octanol–water partition coefficient (Wildman–Crippen LogP) is 2.13. The smallest absolute Gasteiger partial charge is 0.00235 e. The lowest BCUT2D eigenvalue weighted by atomic mass is 9.86. The van der Waals surface area contributed by atoms with Gasteiger partial charge in [-0.25, -0.2) is 0 Å². The Morgan fingerprint density at radius 2 is 1.60 bits per heavy atom. The minimum Gasteiger partial charge on any atom is -0.319 e. The Bertz CT molecular complexity index is 78.8. The van der Waals surface area contributed by atoms with E-state index in [0.717, 1.165) is 24.3 Å². The highest BCUT2D eigenvalue weighted by Crippen LogP contribution is 2.18. The van der Waals surface area contributed by atoms with Crippen molar-refractivity contribution in [2.75, 3.05) is 13.6 Å². The quantitative estimate of drug-likeness (QED) is 0.635. The predicted molar refractivity (Wildman–Crippen MR) is 47.1 cm³/mol. The van der Waals surface area contributed by atoms with Crippen LogP contribution in [0, 0.1) is 17.8 Å². The largest absolute Gasteiger partial charge is 0.319 e. The summed E-state index contributed by atoms with van der Waals surface area (Å²) in [6.07, 6.45) is 0. The number of rotatable bonds is 4. The van der Waals surface area contributed by atoms with Gasteiger partial charge in [-0.05, 0) is 31.3 Å². The maximum absolute atomic E-state index is 3.20. The van der Waals surface area contributed by atoms with Crippen molar-refractivity contribution in [2.45, 2.75) is 27.7 Å². The molecule has 0 saturated heterocycles. The van der Waals surface area contributed by atoms with Gasteiger partial charge < -0.3 is 5.32 Å². The topological polar surface area (TPSA) is 12.0 Å². The molecular formula is C9H21N. The molecule has 2 unspecified atom stereocenters. The summed E-state index contributed by atoms with van der Waals surface area (Å²) >= 11 is 0. The molecule has 1 nitrogen and oxygen atoms in total. The van der Waals surface area contributed by atoms with E-state index in [1.807, 2.05) is 7.05 Å². The lowest BCUT2D eigenvalue weighted by Gasteiger charge is -2.22. The van der Waals surface area contributed by atoms with E-state index in [2.05, 4.69) is 33.0 Å². The first kappa shape index (κ1) is 9.96. The maximum atomic E-state index is 3.20. The molecule has 0 bridgehead atoms. The van der Waals surface area contributed by atoms with E-state index in [0.29, 0.717) is 0 Å². The molecule has 0 aromatic heterocycles. The van der Waals surface area contributed by atoms with Crippen molar-refractivity contribution in [1.29, 1.82) is 0 Å². The van der Waals surface area contributed by atoms with Gasteiger partial charge in [0.1, 0.15) is 0 Å². The van der Waals surface area contributed by atoms with Crippen LogP contribution in [0.3, 0.4) is 0 Å². The molecule has 0 amide bonds. The first-order valence-corrected chi connectivity index (χ1v) is 4.24. The van der Waals surface area contributed by atoms with Gasteiger partial charge in [-0.1, -0.05) is 27.7 Å². The molecule has 1 heteroatoms. The third-order valence-corrected chi connectivity index (χ3v) is 2.48. The van der Waals surface area contributed by atoms with Crippen molar-refractivity contribution >= 4 is 0 Å². The Labute approximate surface area is 65.2 Å². The van der Waals surface area contributed by atoms with Gasteiger partial charge in [-0.3, -0.25) is 0 Å². The fraction of sp³-hybridized carbons (Fsp3) is 1.00. The molecule has 1 N–H and O–H groups in total. The lowest BCUT2D eigenvalue weighted by Crippen LogP contribution is -2.24. The molecule has 2 atom stereocenters. The molecule has 0 radical (unpaired) electrons. The molecular weight excluding hydrogens is 122 g/mol. The Morgan fingerprint density at radius 1 is 1.10 bits per heavy atom. The normalized spacial score (nSPS) is 17.4. The summed E-state index contributed by atoms with van der Waals surface area (Å²) in [5, 5.41) is 3.20. The molecule has 0 aromatic carbocycles. The van der Waals surface area contributed by atoms with Crippen molar-refractivity contribution in [3.8, 4) is 0 Å². The average molecular weight is 143 g/mol. The van der Waals surface area contributed by atoms with Gasteiger partial charge in [0.2, 0.25) is 0 Å². The molecule has 0 rings (SSSR count). The van der Waals surface area contributed by atoms with E-state index in [9.17, 15) is 0 Å². The van der Waals surface area contributed by atoms with E-state index < -0.39 is 0 Å². The summed E-state index contributed by atoms with van der Waals surface area (Å²) < 4.78 is 0. The first-order chi connectivity index (χ1) is 4.59. The summed E-state index contributed by atoms with van der Waals surface area (Å²) in [5.41, 5.74) is 0. The summed E-state index contributed by atoms with van der Waals surface area (Å²) in [6, 6.07) is 0. The van der Waals surface area contributed by atoms with Crippen molar-refractivity contribution in [2.24, 2.45) is 17.8 Å². The van der Waals surface area contributed by atoms with Gasteiger partial charge >= 0.3 is 0 Å². The van der Waals surface area contributed by atoms with Gasteiger partial charge in [0.15, 0.2) is 0 Å². The van der Waals surface area contributed by atoms with Crippen LogP contribution < -0.4 is 5.32 Å². The number of nitrogens with one attached hydrogen (secondary N) is 1. The van der Waals surface area contributed by atoms with E-state index in [1.54, 1.807) is 0 Å². The zero-order valence-electron chi connectivity index (χ0n) is 7.94. The first-order valence-electron chi connectivity index (χ1n) is 4.24. The second-order valence-electron chi connectivity index (χ2n) is 3.64. The van der Waals surface area contributed by atoms with E-state index in [-0.39, 0.29) is 0 Å². The zero-order chi connectivity index (χ0) is 8.15. The SMILES string of the molecule is CNCC(C)C(C)C(C)C. The summed E-state index contributed by atoms with van der Waals surface area (Å²) in [6.45, 7) is 10.3. The molecule has 0 aliphatic carbocycles. The van der Waals surface area contributed by atoms with Crippen LogP contribution in [0.4, 0.5) is 0 Å². The Kier molecular flexibility index (Phi) is 4.71. The van der Waals surface area contributed by atoms with Gasteiger partial charge in [0, 0.05) is 0 Å².